The summed E-state index contributed by atoms with van der Waals surface area (Å²) in [5, 5.41) is 0. The second-order valence-corrected chi connectivity index (χ2v) is 9.13. The van der Waals surface area contributed by atoms with E-state index in [1.807, 2.05) is 6.92 Å². The van der Waals surface area contributed by atoms with Crippen LogP contribution in [0.1, 0.15) is 39.5 Å². The van der Waals surface area contributed by atoms with Crippen LogP contribution in [-0.2, 0) is 0 Å². The average Bonchev–Trinajstić information content (AvgIpc) is 2.13. The fraction of sp³-hybridized carbons (Fsp3) is 1.00. The van der Waals surface area contributed by atoms with E-state index in [0.717, 1.165) is 12.8 Å². The summed E-state index contributed by atoms with van der Waals surface area (Å²) in [5.74, 6) is -0.633. The SMILES string of the molecule is CCCCC[Si](F)(F)CCC(C)C[Si](F)(F)F. The van der Waals surface area contributed by atoms with Gasteiger partial charge in [-0.3, -0.25) is 8.22 Å². The van der Waals surface area contributed by atoms with Crippen molar-refractivity contribution in [2.75, 3.05) is 0 Å². The molecule has 0 nitrogen and oxygen atoms in total. The molecule has 104 valence electrons. The monoisotopic (exact) mass is 292 g/mol. The first kappa shape index (κ1) is 17.1. The van der Waals surface area contributed by atoms with Crippen molar-refractivity contribution in [3.05, 3.63) is 0 Å². The zero-order chi connectivity index (χ0) is 13.5. The predicted octanol–water partition coefficient (Wildman–Crippen LogP) is 5.43. The molecular weight excluding hydrogens is 271 g/mol. The van der Waals surface area contributed by atoms with E-state index in [-0.39, 0.29) is 18.5 Å². The molecule has 0 spiro atoms. The van der Waals surface area contributed by atoms with Crippen LogP contribution in [0.25, 0.3) is 0 Å². The van der Waals surface area contributed by atoms with Crippen molar-refractivity contribution in [1.82, 2.24) is 0 Å². The van der Waals surface area contributed by atoms with E-state index in [4.69, 9.17) is 0 Å². The van der Waals surface area contributed by atoms with Gasteiger partial charge in [0, 0.05) is 6.04 Å². The Morgan fingerprint density at radius 3 is 2.00 bits per heavy atom. The first-order valence-electron chi connectivity index (χ1n) is 6.11. The maximum Gasteiger partial charge on any atom is 0.616 e. The van der Waals surface area contributed by atoms with Gasteiger partial charge in [0.05, 0.1) is 0 Å². The summed E-state index contributed by atoms with van der Waals surface area (Å²) < 4.78 is 63.2. The smallest absolute Gasteiger partial charge is 0.270 e. The fourth-order valence-electron chi connectivity index (χ4n) is 1.71. The maximum absolute atomic E-state index is 13.4. The van der Waals surface area contributed by atoms with E-state index in [1.54, 1.807) is 0 Å². The van der Waals surface area contributed by atoms with Crippen molar-refractivity contribution < 1.29 is 20.5 Å². The summed E-state index contributed by atoms with van der Waals surface area (Å²) in [6.45, 7) is 3.37. The molecule has 0 aromatic heterocycles. The Bertz CT molecular complexity index is 205. The summed E-state index contributed by atoms with van der Waals surface area (Å²) in [4.78, 5) is 0. The number of hydrogen-bond acceptors (Lipinski definition) is 0. The Labute approximate surface area is 102 Å². The largest absolute Gasteiger partial charge is 0.616 e. The Morgan fingerprint density at radius 1 is 0.941 bits per heavy atom. The molecule has 0 rings (SSSR count). The molecule has 1 unspecified atom stereocenters. The second-order valence-electron chi connectivity index (χ2n) is 4.78. The minimum atomic E-state index is -5.58. The normalized spacial score (nSPS) is 15.0. The summed E-state index contributed by atoms with van der Waals surface area (Å²) in [7, 11) is -9.81. The summed E-state index contributed by atoms with van der Waals surface area (Å²) in [6, 6.07) is -1.15. The number of halogens is 5. The average molecular weight is 292 g/mol. The van der Waals surface area contributed by atoms with E-state index in [0.29, 0.717) is 6.42 Å². The van der Waals surface area contributed by atoms with Gasteiger partial charge >= 0.3 is 17.8 Å². The zero-order valence-corrected chi connectivity index (χ0v) is 12.4. The van der Waals surface area contributed by atoms with Crippen molar-refractivity contribution in [2.45, 2.75) is 57.7 Å². The Balaban J connectivity index is 3.84. The van der Waals surface area contributed by atoms with Crippen LogP contribution >= 0.6 is 0 Å². The minimum absolute atomic E-state index is 0.0257. The van der Waals surface area contributed by atoms with Gasteiger partial charge in [-0.2, -0.15) is 0 Å². The Hall–Kier alpha value is 0.0838. The minimum Gasteiger partial charge on any atom is -0.270 e. The molecule has 7 heteroatoms. The Kier molecular flexibility index (Phi) is 7.54. The highest BCUT2D eigenvalue weighted by molar-refractivity contribution is 6.66. The highest BCUT2D eigenvalue weighted by atomic mass is 28.5. The molecule has 0 aromatic rings. The topological polar surface area (TPSA) is 0 Å². The molecule has 0 aromatic carbocycles. The van der Waals surface area contributed by atoms with Gasteiger partial charge in [0.2, 0.25) is 0 Å². The standard InChI is InChI=1S/C10H21F5Si2/c1-3-4-5-7-16(11,12)8-6-10(2)9-17(13,14)15/h10H,3-9H2,1-2H3. The molecule has 0 saturated carbocycles. The first-order chi connectivity index (χ1) is 7.66. The lowest BCUT2D eigenvalue weighted by Crippen LogP contribution is -2.24. The van der Waals surface area contributed by atoms with Crippen LogP contribution in [0.15, 0.2) is 0 Å². The lowest BCUT2D eigenvalue weighted by molar-refractivity contribution is 0.429. The molecule has 17 heavy (non-hydrogen) atoms. The molecule has 0 aliphatic carbocycles. The fourth-order valence-corrected chi connectivity index (χ4v) is 4.64. The number of unbranched alkanes of at least 4 members (excludes halogenated alkanes) is 2. The van der Waals surface area contributed by atoms with Crippen LogP contribution in [0.5, 0.6) is 0 Å². The highest BCUT2D eigenvalue weighted by Gasteiger charge is 2.40. The van der Waals surface area contributed by atoms with Gasteiger partial charge in [0.1, 0.15) is 0 Å². The quantitative estimate of drug-likeness (QED) is 0.230. The summed E-state index contributed by atoms with van der Waals surface area (Å²) >= 11 is 0. The molecule has 0 radical (unpaired) electrons. The Morgan fingerprint density at radius 2 is 1.53 bits per heavy atom. The maximum atomic E-state index is 13.4. The van der Waals surface area contributed by atoms with Gasteiger partial charge in [-0.25, -0.2) is 12.3 Å². The molecule has 0 amide bonds. The van der Waals surface area contributed by atoms with Crippen molar-refractivity contribution >= 4 is 17.8 Å². The highest BCUT2D eigenvalue weighted by Crippen LogP contribution is 2.30. The van der Waals surface area contributed by atoms with E-state index >= 15 is 0 Å². The van der Waals surface area contributed by atoms with Gasteiger partial charge in [0.25, 0.3) is 0 Å². The van der Waals surface area contributed by atoms with Crippen molar-refractivity contribution in [3.8, 4) is 0 Å². The predicted molar refractivity (Wildman–Crippen MR) is 64.8 cm³/mol. The van der Waals surface area contributed by atoms with Crippen LogP contribution in [-0.4, -0.2) is 17.8 Å². The molecule has 0 bridgehead atoms. The van der Waals surface area contributed by atoms with Crippen LogP contribution < -0.4 is 0 Å². The van der Waals surface area contributed by atoms with Gasteiger partial charge in [-0.15, -0.1) is 0 Å². The third kappa shape index (κ3) is 10.9. The third-order valence-corrected chi connectivity index (χ3v) is 5.99. The molecule has 0 fully saturated rings. The van der Waals surface area contributed by atoms with Gasteiger partial charge in [-0.05, 0) is 24.4 Å². The molecule has 1 atom stereocenters. The van der Waals surface area contributed by atoms with E-state index < -0.39 is 29.8 Å². The van der Waals surface area contributed by atoms with Gasteiger partial charge in [-0.1, -0.05) is 33.1 Å². The van der Waals surface area contributed by atoms with Crippen molar-refractivity contribution in [3.63, 3.8) is 0 Å². The van der Waals surface area contributed by atoms with Crippen LogP contribution in [0.4, 0.5) is 20.5 Å². The van der Waals surface area contributed by atoms with Gasteiger partial charge < -0.3 is 0 Å². The van der Waals surface area contributed by atoms with Crippen LogP contribution in [0, 0.1) is 5.92 Å². The lowest BCUT2D eigenvalue weighted by atomic mass is 10.2. The molecule has 0 aliphatic rings. The summed E-state index contributed by atoms with van der Waals surface area (Å²) in [6.07, 6.45) is 2.21. The first-order valence-corrected chi connectivity index (χ1v) is 10.1. The van der Waals surface area contributed by atoms with E-state index in [9.17, 15) is 20.5 Å². The molecule has 0 saturated heterocycles. The molecule has 0 N–H and O–H groups in total. The van der Waals surface area contributed by atoms with E-state index in [1.165, 1.54) is 6.92 Å². The summed E-state index contributed by atoms with van der Waals surface area (Å²) in [5.41, 5.74) is 0. The van der Waals surface area contributed by atoms with E-state index in [2.05, 4.69) is 0 Å². The van der Waals surface area contributed by atoms with Gasteiger partial charge in [0.15, 0.2) is 0 Å². The molecule has 0 aliphatic heterocycles. The number of hydrogen-bond donors (Lipinski definition) is 0. The lowest BCUT2D eigenvalue weighted by Gasteiger charge is -2.16. The molecule has 0 heterocycles. The zero-order valence-electron chi connectivity index (χ0n) is 10.4. The van der Waals surface area contributed by atoms with Crippen LogP contribution in [0.3, 0.4) is 0 Å². The molecular formula is C10H21F5Si2. The third-order valence-electron chi connectivity index (χ3n) is 2.73. The number of rotatable bonds is 9. The van der Waals surface area contributed by atoms with Crippen LogP contribution in [0.2, 0.25) is 18.1 Å². The van der Waals surface area contributed by atoms with Crippen molar-refractivity contribution in [1.29, 1.82) is 0 Å². The second kappa shape index (κ2) is 7.50. The van der Waals surface area contributed by atoms with Crippen molar-refractivity contribution in [2.24, 2.45) is 5.92 Å².